The van der Waals surface area contributed by atoms with Crippen LogP contribution in [-0.4, -0.2) is 60.0 Å². The fourth-order valence-electron chi connectivity index (χ4n) is 3.96. The van der Waals surface area contributed by atoms with Gasteiger partial charge in [-0.15, -0.1) is 0 Å². The zero-order chi connectivity index (χ0) is 21.1. The molecule has 3 heterocycles. The minimum Gasteiger partial charge on any atom is -0.381 e. The number of hydrogen-bond acceptors (Lipinski definition) is 4. The second-order valence-electron chi connectivity index (χ2n) is 7.59. The molecule has 7 nitrogen and oxygen atoms in total. The van der Waals surface area contributed by atoms with E-state index in [0.717, 1.165) is 53.7 Å². The van der Waals surface area contributed by atoms with Crippen LogP contribution in [0.25, 0.3) is 22.2 Å². The molecule has 4 rings (SSSR count). The standard InChI is InChI=1S/C23H26N4O3/c1-24-23(29)16-5-3-4-15(10-16)17-11-20-18(14-26-22(20)25-13-17)12-21(28)27-8-6-19(30-2)7-9-27/h3-5,10-11,13-14,19H,6-9,12H2,1-2H3,(H,24,29)(H,25,26). The van der Waals surface area contributed by atoms with Gasteiger partial charge in [-0.25, -0.2) is 4.98 Å². The van der Waals surface area contributed by atoms with Gasteiger partial charge < -0.3 is 19.9 Å². The molecule has 0 spiro atoms. The maximum Gasteiger partial charge on any atom is 0.251 e. The highest BCUT2D eigenvalue weighted by molar-refractivity contribution is 5.96. The fraction of sp³-hybridized carbons (Fsp3) is 0.348. The van der Waals surface area contributed by atoms with Crippen LogP contribution in [0.4, 0.5) is 0 Å². The molecule has 2 aromatic heterocycles. The second-order valence-corrected chi connectivity index (χ2v) is 7.59. The van der Waals surface area contributed by atoms with Crippen LogP contribution in [0, 0.1) is 0 Å². The number of benzene rings is 1. The highest BCUT2D eigenvalue weighted by Gasteiger charge is 2.23. The molecule has 156 valence electrons. The summed E-state index contributed by atoms with van der Waals surface area (Å²) in [5.74, 6) is -0.00599. The van der Waals surface area contributed by atoms with E-state index < -0.39 is 0 Å². The molecule has 1 aromatic carbocycles. The molecule has 0 radical (unpaired) electrons. The van der Waals surface area contributed by atoms with Crippen LogP contribution < -0.4 is 5.32 Å². The number of rotatable bonds is 5. The van der Waals surface area contributed by atoms with Gasteiger partial charge in [-0.2, -0.15) is 0 Å². The Bertz CT molecular complexity index is 1070. The SMILES string of the molecule is CNC(=O)c1cccc(-c2cnc3[nH]cc(CC(=O)N4CCC(OC)CC4)c3c2)c1. The number of carbonyl (C=O) groups is 2. The summed E-state index contributed by atoms with van der Waals surface area (Å²) in [6.07, 6.45) is 5.98. The van der Waals surface area contributed by atoms with Crippen molar-refractivity contribution in [3.63, 3.8) is 0 Å². The molecule has 0 atom stereocenters. The van der Waals surface area contributed by atoms with Gasteiger partial charge >= 0.3 is 0 Å². The van der Waals surface area contributed by atoms with E-state index in [9.17, 15) is 9.59 Å². The number of aromatic nitrogens is 2. The van der Waals surface area contributed by atoms with E-state index in [2.05, 4.69) is 15.3 Å². The number of H-pyrrole nitrogens is 1. The van der Waals surface area contributed by atoms with E-state index in [0.29, 0.717) is 12.0 Å². The predicted octanol–water partition coefficient (Wildman–Crippen LogP) is 2.77. The highest BCUT2D eigenvalue weighted by Crippen LogP contribution is 2.26. The quantitative estimate of drug-likeness (QED) is 0.682. The molecule has 0 unspecified atom stereocenters. The molecule has 2 amide bonds. The number of carbonyl (C=O) groups excluding carboxylic acids is 2. The van der Waals surface area contributed by atoms with Crippen molar-refractivity contribution in [1.82, 2.24) is 20.2 Å². The molecule has 0 saturated carbocycles. The second kappa shape index (κ2) is 8.67. The first-order valence-electron chi connectivity index (χ1n) is 10.2. The molecule has 0 aliphatic carbocycles. The van der Waals surface area contributed by atoms with Crippen molar-refractivity contribution in [2.75, 3.05) is 27.2 Å². The van der Waals surface area contributed by atoms with Crippen molar-refractivity contribution in [2.24, 2.45) is 0 Å². The van der Waals surface area contributed by atoms with Gasteiger partial charge in [-0.3, -0.25) is 9.59 Å². The molecule has 2 N–H and O–H groups in total. The molecular weight excluding hydrogens is 380 g/mol. The smallest absolute Gasteiger partial charge is 0.251 e. The van der Waals surface area contributed by atoms with Crippen molar-refractivity contribution >= 4 is 22.8 Å². The van der Waals surface area contributed by atoms with Crippen molar-refractivity contribution in [1.29, 1.82) is 0 Å². The first-order valence-corrected chi connectivity index (χ1v) is 10.2. The van der Waals surface area contributed by atoms with Gasteiger partial charge in [0, 0.05) is 56.2 Å². The third-order valence-corrected chi connectivity index (χ3v) is 5.77. The Morgan fingerprint density at radius 3 is 2.77 bits per heavy atom. The monoisotopic (exact) mass is 406 g/mol. The minimum atomic E-state index is -0.129. The van der Waals surface area contributed by atoms with E-state index in [1.807, 2.05) is 35.4 Å². The number of ether oxygens (including phenoxy) is 1. The Labute approximate surface area is 175 Å². The van der Waals surface area contributed by atoms with Crippen LogP contribution in [0.2, 0.25) is 0 Å². The number of fused-ring (bicyclic) bond motifs is 1. The minimum absolute atomic E-state index is 0.123. The number of nitrogens with zero attached hydrogens (tertiary/aromatic N) is 2. The molecular formula is C23H26N4O3. The Morgan fingerprint density at radius 1 is 1.23 bits per heavy atom. The number of aromatic amines is 1. The lowest BCUT2D eigenvalue weighted by molar-refractivity contribution is -0.132. The number of piperidine rings is 1. The lowest BCUT2D eigenvalue weighted by Gasteiger charge is -2.31. The van der Waals surface area contributed by atoms with Crippen LogP contribution in [0.15, 0.2) is 42.7 Å². The number of nitrogens with one attached hydrogen (secondary N) is 2. The maximum absolute atomic E-state index is 12.8. The molecule has 1 aliphatic rings. The normalized spacial score (nSPS) is 14.8. The fourth-order valence-corrected chi connectivity index (χ4v) is 3.96. The number of likely N-dealkylation sites (tertiary alicyclic amines) is 1. The Morgan fingerprint density at radius 2 is 2.03 bits per heavy atom. The zero-order valence-corrected chi connectivity index (χ0v) is 17.3. The average molecular weight is 406 g/mol. The first-order chi connectivity index (χ1) is 14.6. The van der Waals surface area contributed by atoms with Crippen LogP contribution >= 0.6 is 0 Å². The van der Waals surface area contributed by atoms with Gasteiger partial charge in [0.25, 0.3) is 5.91 Å². The van der Waals surface area contributed by atoms with Crippen LogP contribution in [0.5, 0.6) is 0 Å². The van der Waals surface area contributed by atoms with Crippen molar-refractivity contribution in [2.45, 2.75) is 25.4 Å². The lowest BCUT2D eigenvalue weighted by atomic mass is 10.0. The summed E-state index contributed by atoms with van der Waals surface area (Å²) in [5.41, 5.74) is 4.09. The summed E-state index contributed by atoms with van der Waals surface area (Å²) < 4.78 is 5.39. The zero-order valence-electron chi connectivity index (χ0n) is 17.3. The Balaban J connectivity index is 1.56. The van der Waals surface area contributed by atoms with Crippen LogP contribution in [0.3, 0.4) is 0 Å². The molecule has 7 heteroatoms. The van der Waals surface area contributed by atoms with Crippen molar-refractivity contribution in [3.05, 3.63) is 53.9 Å². The average Bonchev–Trinajstić information content (AvgIpc) is 3.20. The molecule has 1 saturated heterocycles. The Kier molecular flexibility index (Phi) is 5.81. The summed E-state index contributed by atoms with van der Waals surface area (Å²) in [4.78, 5) is 34.4. The van der Waals surface area contributed by atoms with E-state index in [1.165, 1.54) is 0 Å². The highest BCUT2D eigenvalue weighted by atomic mass is 16.5. The molecule has 30 heavy (non-hydrogen) atoms. The van der Waals surface area contributed by atoms with Gasteiger partial charge in [0.15, 0.2) is 0 Å². The third kappa shape index (κ3) is 4.07. The number of hydrogen-bond donors (Lipinski definition) is 2. The summed E-state index contributed by atoms with van der Waals surface area (Å²) in [5, 5.41) is 3.57. The molecule has 0 bridgehead atoms. The van der Waals surface area contributed by atoms with Gasteiger partial charge in [0.2, 0.25) is 5.91 Å². The summed E-state index contributed by atoms with van der Waals surface area (Å²) >= 11 is 0. The predicted molar refractivity (Wildman–Crippen MR) is 115 cm³/mol. The van der Waals surface area contributed by atoms with Gasteiger partial charge in [-0.1, -0.05) is 12.1 Å². The summed E-state index contributed by atoms with van der Waals surface area (Å²) in [6, 6.07) is 9.46. The topological polar surface area (TPSA) is 87.3 Å². The van der Waals surface area contributed by atoms with E-state index in [4.69, 9.17) is 4.74 Å². The van der Waals surface area contributed by atoms with E-state index >= 15 is 0 Å². The maximum atomic E-state index is 12.8. The molecule has 1 aliphatic heterocycles. The summed E-state index contributed by atoms with van der Waals surface area (Å²) in [7, 11) is 3.34. The van der Waals surface area contributed by atoms with E-state index in [1.54, 1.807) is 26.4 Å². The number of amides is 2. The van der Waals surface area contributed by atoms with Gasteiger partial charge in [0.05, 0.1) is 12.5 Å². The number of pyridine rings is 1. The Hall–Kier alpha value is -3.19. The van der Waals surface area contributed by atoms with Crippen molar-refractivity contribution in [3.8, 4) is 11.1 Å². The van der Waals surface area contributed by atoms with Gasteiger partial charge in [-0.05, 0) is 42.2 Å². The number of methoxy groups -OCH3 is 1. The molecule has 3 aromatic rings. The molecule has 1 fully saturated rings. The lowest BCUT2D eigenvalue weighted by Crippen LogP contribution is -2.41. The third-order valence-electron chi connectivity index (χ3n) is 5.77. The van der Waals surface area contributed by atoms with Gasteiger partial charge in [0.1, 0.15) is 5.65 Å². The van der Waals surface area contributed by atoms with E-state index in [-0.39, 0.29) is 17.9 Å². The van der Waals surface area contributed by atoms with Crippen molar-refractivity contribution < 1.29 is 14.3 Å². The first kappa shape index (κ1) is 20.1. The summed E-state index contributed by atoms with van der Waals surface area (Å²) in [6.45, 7) is 1.46. The van der Waals surface area contributed by atoms with Crippen LogP contribution in [-0.2, 0) is 16.0 Å². The largest absolute Gasteiger partial charge is 0.381 e. The van der Waals surface area contributed by atoms with Crippen LogP contribution in [0.1, 0.15) is 28.8 Å².